The van der Waals surface area contributed by atoms with E-state index in [1.807, 2.05) is 0 Å². The highest BCUT2D eigenvalue weighted by Crippen LogP contribution is 2.36. The Morgan fingerprint density at radius 2 is 1.66 bits per heavy atom. The molecule has 2 aromatic rings. The zero-order valence-electron chi connectivity index (χ0n) is 18.4. The molecule has 0 aromatic heterocycles. The zero-order chi connectivity index (χ0) is 25.5. The second-order valence-electron chi connectivity index (χ2n) is 8.43. The molecule has 35 heavy (non-hydrogen) atoms. The average molecular weight is 495 g/mol. The lowest BCUT2D eigenvalue weighted by Crippen LogP contribution is -2.68. The molecule has 0 radical (unpaired) electrons. The van der Waals surface area contributed by atoms with E-state index in [0.29, 0.717) is 12.1 Å². The van der Waals surface area contributed by atoms with Gasteiger partial charge in [0.25, 0.3) is 11.8 Å². The maximum atomic E-state index is 15.4. The van der Waals surface area contributed by atoms with Crippen molar-refractivity contribution in [2.75, 3.05) is 31.6 Å². The minimum absolute atomic E-state index is 0.149. The van der Waals surface area contributed by atoms with E-state index in [4.69, 9.17) is 4.74 Å². The summed E-state index contributed by atoms with van der Waals surface area (Å²) in [5.41, 5.74) is -1.18. The maximum Gasteiger partial charge on any atom is 0.407 e. The van der Waals surface area contributed by atoms with Crippen LogP contribution in [0.2, 0.25) is 0 Å². The summed E-state index contributed by atoms with van der Waals surface area (Å²) in [6, 6.07) is 4.05. The van der Waals surface area contributed by atoms with E-state index in [1.54, 1.807) is 0 Å². The number of halogens is 4. The van der Waals surface area contributed by atoms with Gasteiger partial charge in [0.2, 0.25) is 0 Å². The number of alkyl halides is 2. The van der Waals surface area contributed by atoms with E-state index in [-0.39, 0.29) is 43.1 Å². The van der Waals surface area contributed by atoms with Gasteiger partial charge in [0, 0.05) is 24.3 Å². The van der Waals surface area contributed by atoms with Crippen LogP contribution in [-0.4, -0.2) is 71.2 Å². The van der Waals surface area contributed by atoms with Gasteiger partial charge >= 0.3 is 12.0 Å². The summed E-state index contributed by atoms with van der Waals surface area (Å²) in [4.78, 5) is 38.7. The monoisotopic (exact) mass is 495 g/mol. The minimum Gasteiger partial charge on any atom is -0.465 e. The molecule has 2 heterocycles. The quantitative estimate of drug-likeness (QED) is 0.635. The number of amides is 3. The molecule has 2 saturated heterocycles. The summed E-state index contributed by atoms with van der Waals surface area (Å²) in [5.74, 6) is -8.79. The molecule has 2 N–H and O–H groups in total. The van der Waals surface area contributed by atoms with Gasteiger partial charge in [0.1, 0.15) is 11.6 Å². The number of hydrogen-bond donors (Lipinski definition) is 2. The molecule has 4 rings (SSSR count). The first-order valence-electron chi connectivity index (χ1n) is 10.6. The molecule has 0 aliphatic carbocycles. The molecule has 2 aromatic carbocycles. The largest absolute Gasteiger partial charge is 0.465 e. The number of anilines is 1. The Kier molecular flexibility index (Phi) is 6.41. The van der Waals surface area contributed by atoms with E-state index in [2.05, 4.69) is 5.32 Å². The number of aryl methyl sites for hydroxylation is 1. The normalized spacial score (nSPS) is 19.9. The van der Waals surface area contributed by atoms with E-state index in [1.165, 1.54) is 19.1 Å². The van der Waals surface area contributed by atoms with Gasteiger partial charge in [-0.15, -0.1) is 0 Å². The van der Waals surface area contributed by atoms with E-state index < -0.39 is 53.1 Å². The molecular weight excluding hydrogens is 474 g/mol. The summed E-state index contributed by atoms with van der Waals surface area (Å²) in [7, 11) is 0. The number of ether oxygens (including phenoxy) is 1. The second-order valence-corrected chi connectivity index (χ2v) is 8.43. The molecule has 0 spiro atoms. The first kappa shape index (κ1) is 24.5. The highest BCUT2D eigenvalue weighted by Gasteiger charge is 2.52. The number of morpholine rings is 1. The Morgan fingerprint density at radius 3 is 2.26 bits per heavy atom. The van der Waals surface area contributed by atoms with Crippen molar-refractivity contribution >= 4 is 23.6 Å². The predicted molar refractivity (Wildman–Crippen MR) is 114 cm³/mol. The lowest BCUT2D eigenvalue weighted by molar-refractivity contribution is -0.180. The van der Waals surface area contributed by atoms with Crippen molar-refractivity contribution in [3.05, 3.63) is 64.7 Å². The van der Waals surface area contributed by atoms with E-state index in [9.17, 15) is 28.3 Å². The number of carboxylic acid groups (broad SMARTS) is 1. The third-order valence-electron chi connectivity index (χ3n) is 6.03. The molecule has 8 nitrogen and oxygen atoms in total. The first-order valence-corrected chi connectivity index (χ1v) is 10.6. The first-order chi connectivity index (χ1) is 16.5. The number of hydrogen-bond acceptors (Lipinski definition) is 4. The van der Waals surface area contributed by atoms with Crippen molar-refractivity contribution in [2.24, 2.45) is 0 Å². The Balaban J connectivity index is 1.59. The predicted octanol–water partition coefficient (Wildman–Crippen LogP) is 3.21. The van der Waals surface area contributed by atoms with Crippen molar-refractivity contribution in [1.29, 1.82) is 0 Å². The van der Waals surface area contributed by atoms with Crippen LogP contribution in [0.25, 0.3) is 0 Å². The topological polar surface area (TPSA) is 99.2 Å². The number of carbonyl (C=O) groups excluding carboxylic acids is 2. The third-order valence-corrected chi connectivity index (χ3v) is 6.03. The average Bonchev–Trinajstić information content (AvgIpc) is 2.80. The van der Waals surface area contributed by atoms with Crippen molar-refractivity contribution in [3.63, 3.8) is 0 Å². The highest BCUT2D eigenvalue weighted by atomic mass is 19.3. The van der Waals surface area contributed by atoms with Crippen LogP contribution in [0.5, 0.6) is 0 Å². The molecule has 0 saturated carbocycles. The second kappa shape index (κ2) is 9.17. The molecular formula is C23H21F4N3O5. The lowest BCUT2D eigenvalue weighted by Gasteiger charge is -2.49. The van der Waals surface area contributed by atoms with Crippen molar-refractivity contribution in [3.8, 4) is 0 Å². The van der Waals surface area contributed by atoms with Crippen LogP contribution in [0.3, 0.4) is 0 Å². The molecule has 2 aliphatic rings. The van der Waals surface area contributed by atoms with Crippen LogP contribution in [0.4, 0.5) is 28.0 Å². The fourth-order valence-electron chi connectivity index (χ4n) is 4.26. The molecule has 186 valence electrons. The summed E-state index contributed by atoms with van der Waals surface area (Å²) in [5, 5.41) is 11.7. The van der Waals surface area contributed by atoms with Gasteiger partial charge in [-0.1, -0.05) is 0 Å². The number of rotatable bonds is 4. The lowest BCUT2D eigenvalue weighted by atomic mass is 9.98. The van der Waals surface area contributed by atoms with E-state index >= 15 is 8.78 Å². The van der Waals surface area contributed by atoms with Gasteiger partial charge in [0.05, 0.1) is 30.9 Å². The molecule has 2 fully saturated rings. The summed E-state index contributed by atoms with van der Waals surface area (Å²) < 4.78 is 64.0. The Bertz CT molecular complexity index is 1180. The molecule has 12 heteroatoms. The molecule has 2 aliphatic heterocycles. The SMILES string of the molecule is Cc1cc(NC(=O)c2ccc(F)c(C(F)(F)C(=O)N3[C@@H]4COC[C@H]3CN(C(=O)O)C4)c2)ccc1F. The van der Waals surface area contributed by atoms with Crippen molar-refractivity contribution < 1.29 is 41.8 Å². The Hall–Kier alpha value is -3.67. The fourth-order valence-corrected chi connectivity index (χ4v) is 4.26. The standard InChI is InChI=1S/C23H21F4N3O5/c1-12-6-14(3-5-18(12)24)28-20(31)13-2-4-19(25)17(7-13)23(26,27)21(32)30-15-8-29(22(33)34)9-16(30)11-35-10-15/h2-7,15-16H,8-11H2,1H3,(H,28,31)(H,33,34)/t15-,16+. The third kappa shape index (κ3) is 4.65. The zero-order valence-corrected chi connectivity index (χ0v) is 18.4. The van der Waals surface area contributed by atoms with Crippen LogP contribution in [0, 0.1) is 18.6 Å². The van der Waals surface area contributed by atoms with Gasteiger partial charge < -0.3 is 25.0 Å². The number of fused-ring (bicyclic) bond motifs is 2. The van der Waals surface area contributed by atoms with Crippen LogP contribution < -0.4 is 5.32 Å². The summed E-state index contributed by atoms with van der Waals surface area (Å²) >= 11 is 0. The summed E-state index contributed by atoms with van der Waals surface area (Å²) in [6.07, 6.45) is -1.25. The van der Waals surface area contributed by atoms with Crippen LogP contribution in [0.15, 0.2) is 36.4 Å². The minimum atomic E-state index is -4.34. The molecule has 0 unspecified atom stereocenters. The Labute approximate surface area is 197 Å². The molecule has 2 atom stereocenters. The van der Waals surface area contributed by atoms with Crippen LogP contribution in [0.1, 0.15) is 21.5 Å². The smallest absolute Gasteiger partial charge is 0.407 e. The van der Waals surface area contributed by atoms with Crippen molar-refractivity contribution in [2.45, 2.75) is 24.9 Å². The highest BCUT2D eigenvalue weighted by molar-refractivity contribution is 6.04. The number of benzene rings is 2. The molecule has 3 amide bonds. The van der Waals surface area contributed by atoms with Gasteiger partial charge in [-0.3, -0.25) is 9.59 Å². The van der Waals surface area contributed by atoms with E-state index in [0.717, 1.165) is 21.9 Å². The van der Waals surface area contributed by atoms with Gasteiger partial charge in [-0.2, -0.15) is 8.78 Å². The number of carbonyl (C=O) groups is 3. The number of piperazine rings is 1. The van der Waals surface area contributed by atoms with Gasteiger partial charge in [0.15, 0.2) is 0 Å². The Morgan fingerprint density at radius 1 is 1.03 bits per heavy atom. The number of nitrogens with one attached hydrogen (secondary N) is 1. The molecule has 2 bridgehead atoms. The van der Waals surface area contributed by atoms with Crippen LogP contribution >= 0.6 is 0 Å². The van der Waals surface area contributed by atoms with Gasteiger partial charge in [-0.05, 0) is 48.9 Å². The van der Waals surface area contributed by atoms with Gasteiger partial charge in [-0.25, -0.2) is 13.6 Å². The van der Waals surface area contributed by atoms with Crippen LogP contribution in [-0.2, 0) is 15.5 Å². The number of nitrogens with zero attached hydrogens (tertiary/aromatic N) is 2. The summed E-state index contributed by atoms with van der Waals surface area (Å²) in [6.45, 7) is 0.726. The maximum absolute atomic E-state index is 15.4. The fraction of sp³-hybridized carbons (Fsp3) is 0.348. The van der Waals surface area contributed by atoms with Crippen molar-refractivity contribution in [1.82, 2.24) is 9.80 Å².